The molecule has 1 fully saturated rings. The Morgan fingerprint density at radius 3 is 2.85 bits per heavy atom. The maximum Gasteiger partial charge on any atom is 0.251 e. The zero-order valence-electron chi connectivity index (χ0n) is 15.2. The molecule has 1 aliphatic rings. The van der Waals surface area contributed by atoms with Crippen LogP contribution in [0.1, 0.15) is 28.1 Å². The van der Waals surface area contributed by atoms with E-state index in [1.54, 1.807) is 18.4 Å². The van der Waals surface area contributed by atoms with Crippen LogP contribution in [0.2, 0.25) is 0 Å². The number of amides is 1. The molecule has 1 aliphatic heterocycles. The van der Waals surface area contributed by atoms with Gasteiger partial charge in [-0.15, -0.1) is 21.5 Å². The summed E-state index contributed by atoms with van der Waals surface area (Å²) in [7, 11) is 1.73. The van der Waals surface area contributed by atoms with Crippen LogP contribution in [-0.4, -0.2) is 50.1 Å². The largest absolute Gasteiger partial charge is 0.348 e. The summed E-state index contributed by atoms with van der Waals surface area (Å²) in [6.07, 6.45) is 2.13. The van der Waals surface area contributed by atoms with Gasteiger partial charge < -0.3 is 5.32 Å². The van der Waals surface area contributed by atoms with Gasteiger partial charge >= 0.3 is 0 Å². The first-order chi connectivity index (χ1) is 13.2. The van der Waals surface area contributed by atoms with Crippen molar-refractivity contribution in [3.8, 4) is 11.4 Å². The first kappa shape index (κ1) is 17.8. The number of hydrogen-bond acceptors (Lipinski definition) is 6. The zero-order chi connectivity index (χ0) is 18.6. The lowest BCUT2D eigenvalue weighted by Crippen LogP contribution is -2.47. The molecule has 0 saturated carbocycles. The van der Waals surface area contributed by atoms with E-state index in [1.165, 1.54) is 9.67 Å². The van der Waals surface area contributed by atoms with Gasteiger partial charge in [0.05, 0.1) is 7.05 Å². The summed E-state index contributed by atoms with van der Waals surface area (Å²) in [4.78, 5) is 17.8. The summed E-state index contributed by atoms with van der Waals surface area (Å²) in [5, 5.41) is 17.3. The first-order valence-electron chi connectivity index (χ1n) is 9.07. The molecule has 3 heterocycles. The van der Waals surface area contributed by atoms with Crippen LogP contribution in [0.25, 0.3) is 11.4 Å². The van der Waals surface area contributed by atoms with Crippen LogP contribution in [0.15, 0.2) is 41.8 Å². The van der Waals surface area contributed by atoms with Crippen LogP contribution in [-0.2, 0) is 13.6 Å². The van der Waals surface area contributed by atoms with E-state index in [4.69, 9.17) is 0 Å². The molecule has 7 nitrogen and oxygen atoms in total. The first-order valence-corrected chi connectivity index (χ1v) is 9.95. The average molecular weight is 382 g/mol. The van der Waals surface area contributed by atoms with Crippen LogP contribution in [0.3, 0.4) is 0 Å². The second-order valence-corrected chi connectivity index (χ2v) is 7.84. The molecule has 1 aromatic carbocycles. The summed E-state index contributed by atoms with van der Waals surface area (Å²) in [6.45, 7) is 2.94. The van der Waals surface area contributed by atoms with Gasteiger partial charge in [0, 0.05) is 35.1 Å². The van der Waals surface area contributed by atoms with Crippen molar-refractivity contribution in [1.82, 2.24) is 30.4 Å². The molecule has 0 bridgehead atoms. The molecule has 0 radical (unpaired) electrons. The Labute approximate surface area is 162 Å². The van der Waals surface area contributed by atoms with E-state index >= 15 is 0 Å². The van der Waals surface area contributed by atoms with Crippen LogP contribution < -0.4 is 5.32 Å². The normalized spacial score (nSPS) is 17.7. The highest BCUT2D eigenvalue weighted by molar-refractivity contribution is 7.09. The number of carbonyl (C=O) groups is 1. The van der Waals surface area contributed by atoms with Gasteiger partial charge in [0.15, 0.2) is 0 Å². The van der Waals surface area contributed by atoms with Crippen molar-refractivity contribution in [2.24, 2.45) is 7.05 Å². The third-order valence-corrected chi connectivity index (χ3v) is 5.58. The minimum Gasteiger partial charge on any atom is -0.348 e. The minimum absolute atomic E-state index is 0.0309. The van der Waals surface area contributed by atoms with E-state index in [-0.39, 0.29) is 11.9 Å². The maximum absolute atomic E-state index is 12.6. The Morgan fingerprint density at radius 1 is 1.30 bits per heavy atom. The molecule has 1 saturated heterocycles. The van der Waals surface area contributed by atoms with Gasteiger partial charge in [0.1, 0.15) is 0 Å². The summed E-state index contributed by atoms with van der Waals surface area (Å²) in [6, 6.07) is 11.8. The fraction of sp³-hybridized carbons (Fsp3) is 0.368. The molecule has 1 unspecified atom stereocenters. The Balaban J connectivity index is 1.35. The summed E-state index contributed by atoms with van der Waals surface area (Å²) in [5.41, 5.74) is 1.50. The van der Waals surface area contributed by atoms with E-state index in [0.29, 0.717) is 11.4 Å². The molecule has 0 aliphatic carbocycles. The fourth-order valence-electron chi connectivity index (χ4n) is 3.38. The van der Waals surface area contributed by atoms with Crippen molar-refractivity contribution in [2.75, 3.05) is 13.1 Å². The van der Waals surface area contributed by atoms with Gasteiger partial charge in [-0.25, -0.2) is 0 Å². The average Bonchev–Trinajstić information content (AvgIpc) is 3.34. The van der Waals surface area contributed by atoms with Crippen LogP contribution in [0.5, 0.6) is 0 Å². The van der Waals surface area contributed by atoms with Gasteiger partial charge in [0.2, 0.25) is 5.82 Å². The van der Waals surface area contributed by atoms with Crippen molar-refractivity contribution in [1.29, 1.82) is 0 Å². The second kappa shape index (κ2) is 7.98. The SMILES string of the molecule is Cn1nnc(-c2ccc(C(=O)NC3CCCN(Cc4cccs4)C3)cc2)n1. The second-order valence-electron chi connectivity index (χ2n) is 6.81. The number of rotatable bonds is 5. The molecule has 4 rings (SSSR count). The topological polar surface area (TPSA) is 75.9 Å². The zero-order valence-corrected chi connectivity index (χ0v) is 16.0. The molecule has 3 aromatic rings. The Morgan fingerprint density at radius 2 is 2.15 bits per heavy atom. The number of benzene rings is 1. The van der Waals surface area contributed by atoms with Crippen molar-refractivity contribution in [3.63, 3.8) is 0 Å². The summed E-state index contributed by atoms with van der Waals surface area (Å²) >= 11 is 1.78. The third-order valence-electron chi connectivity index (χ3n) is 4.71. The van der Waals surface area contributed by atoms with E-state index in [9.17, 15) is 4.79 Å². The number of aryl methyl sites for hydroxylation is 1. The molecule has 0 spiro atoms. The number of hydrogen-bond donors (Lipinski definition) is 1. The van der Waals surface area contributed by atoms with E-state index in [0.717, 1.165) is 38.0 Å². The molecule has 8 heteroatoms. The van der Waals surface area contributed by atoms with Crippen LogP contribution in [0, 0.1) is 0 Å². The van der Waals surface area contributed by atoms with Crippen molar-refractivity contribution in [3.05, 3.63) is 52.2 Å². The standard InChI is InChI=1S/C19H22N6OS/c1-24-22-18(21-23-24)14-6-8-15(9-7-14)19(26)20-16-4-2-10-25(12-16)13-17-5-3-11-27-17/h3,5-9,11,16H,2,4,10,12-13H2,1H3,(H,20,26). The molecular weight excluding hydrogens is 360 g/mol. The van der Waals surface area contributed by atoms with Crippen molar-refractivity contribution in [2.45, 2.75) is 25.4 Å². The molecule has 1 amide bonds. The number of piperidine rings is 1. The van der Waals surface area contributed by atoms with E-state index in [1.807, 2.05) is 24.3 Å². The quantitative estimate of drug-likeness (QED) is 0.733. The monoisotopic (exact) mass is 382 g/mol. The highest BCUT2D eigenvalue weighted by Crippen LogP contribution is 2.18. The smallest absolute Gasteiger partial charge is 0.251 e. The lowest BCUT2D eigenvalue weighted by atomic mass is 10.0. The van der Waals surface area contributed by atoms with Crippen LogP contribution >= 0.6 is 11.3 Å². The number of nitrogens with zero attached hydrogens (tertiary/aromatic N) is 5. The lowest BCUT2D eigenvalue weighted by Gasteiger charge is -2.32. The van der Waals surface area contributed by atoms with Gasteiger partial charge in [-0.2, -0.15) is 4.80 Å². The number of likely N-dealkylation sites (tertiary alicyclic amines) is 1. The van der Waals surface area contributed by atoms with Gasteiger partial charge in [-0.1, -0.05) is 18.2 Å². The van der Waals surface area contributed by atoms with E-state index < -0.39 is 0 Å². The van der Waals surface area contributed by atoms with Gasteiger partial charge in [-0.3, -0.25) is 9.69 Å². The van der Waals surface area contributed by atoms with Crippen LogP contribution in [0.4, 0.5) is 0 Å². The Kier molecular flexibility index (Phi) is 5.26. The summed E-state index contributed by atoms with van der Waals surface area (Å²) in [5.74, 6) is 0.526. The molecule has 2 aromatic heterocycles. The number of carbonyl (C=O) groups excluding carboxylic acids is 1. The Bertz CT molecular complexity index is 889. The highest BCUT2D eigenvalue weighted by atomic mass is 32.1. The molecule has 140 valence electrons. The maximum atomic E-state index is 12.6. The van der Waals surface area contributed by atoms with E-state index in [2.05, 4.69) is 43.1 Å². The summed E-state index contributed by atoms with van der Waals surface area (Å²) < 4.78 is 0. The third kappa shape index (κ3) is 4.40. The minimum atomic E-state index is -0.0309. The van der Waals surface area contributed by atoms with Gasteiger partial charge in [0.25, 0.3) is 5.91 Å². The number of aromatic nitrogens is 4. The molecule has 1 atom stereocenters. The molecule has 27 heavy (non-hydrogen) atoms. The Hall–Kier alpha value is -2.58. The number of tetrazole rings is 1. The van der Waals surface area contributed by atoms with Crippen molar-refractivity contribution >= 4 is 17.2 Å². The molecular formula is C19H22N6OS. The highest BCUT2D eigenvalue weighted by Gasteiger charge is 2.22. The number of thiophene rings is 1. The molecule has 1 N–H and O–H groups in total. The number of nitrogens with one attached hydrogen (secondary N) is 1. The lowest BCUT2D eigenvalue weighted by molar-refractivity contribution is 0.0901. The van der Waals surface area contributed by atoms with Gasteiger partial charge in [-0.05, 0) is 48.2 Å². The van der Waals surface area contributed by atoms with Crippen molar-refractivity contribution < 1.29 is 4.79 Å². The fourth-order valence-corrected chi connectivity index (χ4v) is 4.13. The predicted molar refractivity (Wildman–Crippen MR) is 104 cm³/mol. The predicted octanol–water partition coefficient (Wildman–Crippen LogP) is 2.33.